The molecule has 1 fully saturated rings. The van der Waals surface area contributed by atoms with Crippen LogP contribution in [-0.4, -0.2) is 34.3 Å². The van der Waals surface area contributed by atoms with Crippen molar-refractivity contribution in [1.82, 2.24) is 14.9 Å². The molecule has 4 heteroatoms. The zero-order valence-corrected chi connectivity index (χ0v) is 10.1. The van der Waals surface area contributed by atoms with Crippen LogP contribution in [0.2, 0.25) is 0 Å². The SMILES string of the molecule is CCOC1CC(NC(C)Cn2ccnc2)C1. The van der Waals surface area contributed by atoms with E-state index in [0.717, 1.165) is 26.0 Å². The average molecular weight is 223 g/mol. The number of imidazole rings is 1. The lowest BCUT2D eigenvalue weighted by atomic mass is 9.88. The van der Waals surface area contributed by atoms with Gasteiger partial charge in [0.15, 0.2) is 0 Å². The number of hydrogen-bond donors (Lipinski definition) is 1. The molecule has 1 aromatic rings. The number of aromatic nitrogens is 2. The van der Waals surface area contributed by atoms with Crippen LogP contribution in [0.3, 0.4) is 0 Å². The Labute approximate surface area is 97.0 Å². The summed E-state index contributed by atoms with van der Waals surface area (Å²) in [7, 11) is 0. The smallest absolute Gasteiger partial charge is 0.0946 e. The molecule has 1 aliphatic carbocycles. The summed E-state index contributed by atoms with van der Waals surface area (Å²) in [6, 6.07) is 1.12. The first-order valence-corrected chi connectivity index (χ1v) is 6.11. The first-order valence-electron chi connectivity index (χ1n) is 6.11. The topological polar surface area (TPSA) is 39.1 Å². The Morgan fingerprint density at radius 2 is 2.38 bits per heavy atom. The standard InChI is InChI=1S/C12H21N3O/c1-3-16-12-6-11(7-12)14-10(2)8-15-5-4-13-9-15/h4-5,9-12,14H,3,6-8H2,1-2H3. The highest BCUT2D eigenvalue weighted by atomic mass is 16.5. The van der Waals surface area contributed by atoms with Crippen molar-refractivity contribution in [3.8, 4) is 0 Å². The third kappa shape index (κ3) is 3.06. The molecule has 0 aliphatic heterocycles. The van der Waals surface area contributed by atoms with Crippen LogP contribution in [0.25, 0.3) is 0 Å². The van der Waals surface area contributed by atoms with E-state index < -0.39 is 0 Å². The van der Waals surface area contributed by atoms with Crippen LogP contribution in [0.5, 0.6) is 0 Å². The fourth-order valence-corrected chi connectivity index (χ4v) is 2.24. The lowest BCUT2D eigenvalue weighted by Crippen LogP contribution is -2.49. The quantitative estimate of drug-likeness (QED) is 0.793. The van der Waals surface area contributed by atoms with Crippen molar-refractivity contribution in [2.75, 3.05) is 6.61 Å². The van der Waals surface area contributed by atoms with E-state index in [-0.39, 0.29) is 0 Å². The molecule has 1 atom stereocenters. The second kappa shape index (κ2) is 5.46. The van der Waals surface area contributed by atoms with Crippen LogP contribution in [0.4, 0.5) is 0 Å². The first kappa shape index (κ1) is 11.6. The fraction of sp³-hybridized carbons (Fsp3) is 0.750. The highest BCUT2D eigenvalue weighted by Crippen LogP contribution is 2.23. The van der Waals surface area contributed by atoms with Gasteiger partial charge in [-0.3, -0.25) is 0 Å². The Morgan fingerprint density at radius 3 is 3.00 bits per heavy atom. The van der Waals surface area contributed by atoms with Crippen molar-refractivity contribution < 1.29 is 4.74 Å². The zero-order chi connectivity index (χ0) is 11.4. The van der Waals surface area contributed by atoms with Crippen LogP contribution in [0.15, 0.2) is 18.7 Å². The zero-order valence-electron chi connectivity index (χ0n) is 10.1. The van der Waals surface area contributed by atoms with Gasteiger partial charge in [0.2, 0.25) is 0 Å². The van der Waals surface area contributed by atoms with Crippen LogP contribution in [0.1, 0.15) is 26.7 Å². The van der Waals surface area contributed by atoms with Gasteiger partial charge in [0, 0.05) is 37.6 Å². The number of ether oxygens (including phenoxy) is 1. The molecule has 0 bridgehead atoms. The van der Waals surface area contributed by atoms with Gasteiger partial charge in [-0.05, 0) is 26.7 Å². The minimum absolute atomic E-state index is 0.488. The molecule has 0 saturated heterocycles. The van der Waals surface area contributed by atoms with Gasteiger partial charge >= 0.3 is 0 Å². The Balaban J connectivity index is 1.64. The normalized spacial score (nSPS) is 26.4. The second-order valence-corrected chi connectivity index (χ2v) is 4.57. The summed E-state index contributed by atoms with van der Waals surface area (Å²) in [5, 5.41) is 3.61. The van der Waals surface area contributed by atoms with Crippen LogP contribution >= 0.6 is 0 Å². The van der Waals surface area contributed by atoms with Crippen molar-refractivity contribution in [1.29, 1.82) is 0 Å². The minimum Gasteiger partial charge on any atom is -0.378 e. The third-order valence-electron chi connectivity index (χ3n) is 3.06. The van der Waals surface area contributed by atoms with Crippen molar-refractivity contribution in [2.45, 2.75) is 51.4 Å². The molecule has 2 rings (SSSR count). The molecule has 0 spiro atoms. The van der Waals surface area contributed by atoms with Gasteiger partial charge in [0.25, 0.3) is 0 Å². The van der Waals surface area contributed by atoms with Crippen LogP contribution in [0, 0.1) is 0 Å². The van der Waals surface area contributed by atoms with E-state index in [2.05, 4.69) is 28.7 Å². The number of nitrogens with zero attached hydrogens (tertiary/aromatic N) is 2. The van der Waals surface area contributed by atoms with Crippen LogP contribution < -0.4 is 5.32 Å². The molecule has 0 radical (unpaired) electrons. The van der Waals surface area contributed by atoms with Gasteiger partial charge in [0.05, 0.1) is 12.4 Å². The third-order valence-corrected chi connectivity index (χ3v) is 3.06. The van der Waals surface area contributed by atoms with Gasteiger partial charge in [0.1, 0.15) is 0 Å². The first-order chi connectivity index (χ1) is 7.78. The predicted octanol–water partition coefficient (Wildman–Crippen LogP) is 1.43. The Hall–Kier alpha value is -0.870. The maximum absolute atomic E-state index is 5.54. The molecule has 1 heterocycles. The van der Waals surface area contributed by atoms with Crippen molar-refractivity contribution >= 4 is 0 Å². The Bertz CT molecular complexity index is 293. The van der Waals surface area contributed by atoms with Gasteiger partial charge in [-0.2, -0.15) is 0 Å². The van der Waals surface area contributed by atoms with Gasteiger partial charge in [-0.25, -0.2) is 4.98 Å². The van der Waals surface area contributed by atoms with Crippen molar-refractivity contribution in [3.63, 3.8) is 0 Å². The minimum atomic E-state index is 0.488. The van der Waals surface area contributed by atoms with Gasteiger partial charge < -0.3 is 14.6 Å². The maximum atomic E-state index is 5.54. The van der Waals surface area contributed by atoms with Crippen molar-refractivity contribution in [2.24, 2.45) is 0 Å². The van der Waals surface area contributed by atoms with E-state index in [1.165, 1.54) is 0 Å². The molecular formula is C12H21N3O. The summed E-state index contributed by atoms with van der Waals surface area (Å²) in [6.07, 6.45) is 8.48. The molecule has 4 nitrogen and oxygen atoms in total. The molecule has 1 unspecified atom stereocenters. The molecule has 1 N–H and O–H groups in total. The summed E-state index contributed by atoms with van der Waals surface area (Å²) >= 11 is 0. The molecule has 0 aromatic carbocycles. The van der Waals surface area contributed by atoms with Crippen molar-refractivity contribution in [3.05, 3.63) is 18.7 Å². The lowest BCUT2D eigenvalue weighted by molar-refractivity contribution is -0.0123. The molecule has 1 aliphatic rings. The fourth-order valence-electron chi connectivity index (χ4n) is 2.24. The molecule has 0 amide bonds. The van der Waals surface area contributed by atoms with E-state index in [4.69, 9.17) is 4.74 Å². The number of nitrogens with one attached hydrogen (secondary N) is 1. The Morgan fingerprint density at radius 1 is 1.56 bits per heavy atom. The van der Waals surface area contributed by atoms with E-state index >= 15 is 0 Å². The second-order valence-electron chi connectivity index (χ2n) is 4.57. The highest BCUT2D eigenvalue weighted by molar-refractivity contribution is 4.88. The summed E-state index contributed by atoms with van der Waals surface area (Å²) < 4.78 is 7.65. The van der Waals surface area contributed by atoms with E-state index in [1.54, 1.807) is 0 Å². The van der Waals surface area contributed by atoms with Crippen LogP contribution in [-0.2, 0) is 11.3 Å². The summed E-state index contributed by atoms with van der Waals surface area (Å²) in [6.45, 7) is 6.09. The lowest BCUT2D eigenvalue weighted by Gasteiger charge is -2.37. The molecule has 1 saturated carbocycles. The molecule has 90 valence electrons. The number of hydrogen-bond acceptors (Lipinski definition) is 3. The summed E-state index contributed by atoms with van der Waals surface area (Å²) in [5.74, 6) is 0. The number of rotatable bonds is 6. The van der Waals surface area contributed by atoms with Gasteiger partial charge in [-0.1, -0.05) is 0 Å². The van der Waals surface area contributed by atoms with E-state index in [1.807, 2.05) is 18.7 Å². The molecule has 16 heavy (non-hydrogen) atoms. The monoisotopic (exact) mass is 223 g/mol. The van der Waals surface area contributed by atoms with Gasteiger partial charge in [-0.15, -0.1) is 0 Å². The largest absolute Gasteiger partial charge is 0.378 e. The average Bonchev–Trinajstić information content (AvgIpc) is 2.67. The summed E-state index contributed by atoms with van der Waals surface area (Å²) in [4.78, 5) is 4.04. The molecular weight excluding hydrogens is 202 g/mol. The maximum Gasteiger partial charge on any atom is 0.0946 e. The van der Waals surface area contributed by atoms with E-state index in [9.17, 15) is 0 Å². The Kier molecular flexibility index (Phi) is 3.96. The highest BCUT2D eigenvalue weighted by Gasteiger charge is 2.29. The van der Waals surface area contributed by atoms with E-state index in [0.29, 0.717) is 18.2 Å². The predicted molar refractivity (Wildman–Crippen MR) is 63.3 cm³/mol. The summed E-state index contributed by atoms with van der Waals surface area (Å²) in [5.41, 5.74) is 0. The molecule has 1 aromatic heterocycles.